The first-order valence-electron chi connectivity index (χ1n) is 9.06. The van der Waals surface area contributed by atoms with Crippen LogP contribution in [0.25, 0.3) is 0 Å². The smallest absolute Gasteiger partial charge is 0.363 e. The Morgan fingerprint density at radius 1 is 0.778 bits per heavy atom. The van der Waals surface area contributed by atoms with Crippen LogP contribution < -0.4 is 0 Å². The Labute approximate surface area is 164 Å². The monoisotopic (exact) mass is 432 g/mol. The van der Waals surface area contributed by atoms with Crippen LogP contribution in [0.15, 0.2) is 0 Å². The molecule has 0 aromatic heterocycles. The predicted molar refractivity (Wildman–Crippen MR) is 106 cm³/mol. The van der Waals surface area contributed by atoms with E-state index in [0.29, 0.717) is 6.42 Å². The highest BCUT2D eigenvalue weighted by Crippen LogP contribution is 2.58. The molecule has 0 aromatic rings. The Morgan fingerprint density at radius 3 is 1.63 bits per heavy atom. The van der Waals surface area contributed by atoms with Gasteiger partial charge in [0.2, 0.25) is 0 Å². The molecule has 0 saturated carbocycles. The second-order valence-electron chi connectivity index (χ2n) is 9.29. The number of phosphoric ester groups is 1. The standard InChI is InChI=1S/C17H38O8P2/c1-11-15(5,6)24-27(20,21)25-16(7,8)12-13-22-17(9,10)26(18,19)23-14(2,3)4/h11-13H2,1-10H3,(H,18,19)(H,20,21). The highest BCUT2D eigenvalue weighted by Gasteiger charge is 2.45. The van der Waals surface area contributed by atoms with Gasteiger partial charge >= 0.3 is 15.4 Å². The average molecular weight is 432 g/mol. The molecule has 0 aromatic carbocycles. The molecule has 10 heteroatoms. The molecule has 164 valence electrons. The Morgan fingerprint density at radius 2 is 1.22 bits per heavy atom. The lowest BCUT2D eigenvalue weighted by Gasteiger charge is -2.35. The fraction of sp³-hybridized carbons (Fsp3) is 1.00. The molecule has 8 nitrogen and oxygen atoms in total. The summed E-state index contributed by atoms with van der Waals surface area (Å²) in [7, 11) is -8.34. The van der Waals surface area contributed by atoms with E-state index in [9.17, 15) is 18.9 Å². The van der Waals surface area contributed by atoms with E-state index >= 15 is 0 Å². The lowest BCUT2D eigenvalue weighted by molar-refractivity contribution is -0.0377. The van der Waals surface area contributed by atoms with E-state index in [-0.39, 0.29) is 13.0 Å². The Bertz CT molecular complexity index is 578. The molecule has 27 heavy (non-hydrogen) atoms. The Balaban J connectivity index is 4.86. The van der Waals surface area contributed by atoms with Crippen molar-refractivity contribution in [3.8, 4) is 0 Å². The minimum absolute atomic E-state index is 0.0230. The summed E-state index contributed by atoms with van der Waals surface area (Å²) in [5, 5.41) is -1.44. The molecule has 0 amide bonds. The minimum Gasteiger partial charge on any atom is -0.363 e. The van der Waals surface area contributed by atoms with Gasteiger partial charge in [0.05, 0.1) is 23.4 Å². The fourth-order valence-electron chi connectivity index (χ4n) is 1.86. The predicted octanol–water partition coefficient (Wildman–Crippen LogP) is 5.23. The zero-order chi connectivity index (χ0) is 21.9. The van der Waals surface area contributed by atoms with Gasteiger partial charge in [0.1, 0.15) is 0 Å². The summed E-state index contributed by atoms with van der Waals surface area (Å²) in [5.74, 6) is 0. The number of hydrogen-bond donors (Lipinski definition) is 2. The molecular formula is C17H38O8P2. The first kappa shape index (κ1) is 27.2. The van der Waals surface area contributed by atoms with Gasteiger partial charge in [-0.25, -0.2) is 4.57 Å². The molecule has 0 aliphatic rings. The summed E-state index contributed by atoms with van der Waals surface area (Å²) in [6, 6.07) is 0. The number of phosphoric acid groups is 1. The van der Waals surface area contributed by atoms with Crippen LogP contribution in [0.3, 0.4) is 0 Å². The summed E-state index contributed by atoms with van der Waals surface area (Å²) in [5.41, 5.74) is -2.65. The molecule has 0 aliphatic heterocycles. The molecule has 0 aliphatic carbocycles. The number of ether oxygens (including phenoxy) is 1. The van der Waals surface area contributed by atoms with Gasteiger partial charge in [0, 0.05) is 0 Å². The van der Waals surface area contributed by atoms with E-state index in [1.165, 1.54) is 13.8 Å². The maximum Gasteiger partial charge on any atom is 0.473 e. The molecule has 2 unspecified atom stereocenters. The first-order valence-corrected chi connectivity index (χ1v) is 12.1. The van der Waals surface area contributed by atoms with Gasteiger partial charge in [-0.1, -0.05) is 6.92 Å². The molecule has 0 heterocycles. The van der Waals surface area contributed by atoms with Crippen LogP contribution in [0.1, 0.15) is 82.1 Å². The maximum atomic E-state index is 12.5. The van der Waals surface area contributed by atoms with Crippen molar-refractivity contribution in [1.29, 1.82) is 0 Å². The number of rotatable bonds is 11. The summed E-state index contributed by atoms with van der Waals surface area (Å²) in [6.07, 6.45) is 0.741. The highest BCUT2D eigenvalue weighted by molar-refractivity contribution is 7.54. The van der Waals surface area contributed by atoms with Crippen molar-refractivity contribution < 1.29 is 37.2 Å². The van der Waals surface area contributed by atoms with Crippen molar-refractivity contribution in [3.63, 3.8) is 0 Å². The molecule has 0 fully saturated rings. The van der Waals surface area contributed by atoms with Crippen LogP contribution in [0.4, 0.5) is 0 Å². The van der Waals surface area contributed by atoms with Gasteiger partial charge < -0.3 is 19.0 Å². The average Bonchev–Trinajstić information content (AvgIpc) is 2.31. The van der Waals surface area contributed by atoms with Crippen LogP contribution in [0.2, 0.25) is 0 Å². The first-order chi connectivity index (χ1) is 11.6. The number of hydrogen-bond acceptors (Lipinski definition) is 6. The second-order valence-corrected chi connectivity index (χ2v) is 12.9. The van der Waals surface area contributed by atoms with Crippen LogP contribution in [-0.2, 0) is 27.4 Å². The van der Waals surface area contributed by atoms with E-state index in [2.05, 4.69) is 0 Å². The lowest BCUT2D eigenvalue weighted by atomic mass is 10.1. The van der Waals surface area contributed by atoms with Gasteiger partial charge in [-0.3, -0.25) is 13.6 Å². The third-order valence-corrected chi connectivity index (χ3v) is 7.55. The summed E-state index contributed by atoms with van der Waals surface area (Å²) in [4.78, 5) is 20.2. The van der Waals surface area contributed by atoms with Crippen molar-refractivity contribution >= 4 is 15.4 Å². The van der Waals surface area contributed by atoms with Crippen molar-refractivity contribution in [2.45, 2.75) is 104 Å². The molecule has 0 spiro atoms. The van der Waals surface area contributed by atoms with Crippen LogP contribution >= 0.6 is 15.4 Å². The van der Waals surface area contributed by atoms with Crippen LogP contribution in [0, 0.1) is 0 Å². The van der Waals surface area contributed by atoms with E-state index in [1.807, 2.05) is 6.92 Å². The zero-order valence-corrected chi connectivity index (χ0v) is 20.1. The lowest BCUT2D eigenvalue weighted by Crippen LogP contribution is -2.33. The third-order valence-electron chi connectivity index (χ3n) is 3.81. The Hall–Kier alpha value is 0.220. The van der Waals surface area contributed by atoms with Gasteiger partial charge in [0.15, 0.2) is 5.34 Å². The largest absolute Gasteiger partial charge is 0.473 e. The quantitative estimate of drug-likeness (QED) is 0.427. The minimum atomic E-state index is -4.28. The topological polar surface area (TPSA) is 112 Å². The van der Waals surface area contributed by atoms with Crippen molar-refractivity contribution in [1.82, 2.24) is 0 Å². The van der Waals surface area contributed by atoms with Crippen molar-refractivity contribution in [2.24, 2.45) is 0 Å². The zero-order valence-electron chi connectivity index (χ0n) is 18.4. The normalized spacial score (nSPS) is 18.8. The fourth-order valence-corrected chi connectivity index (χ4v) is 4.59. The third kappa shape index (κ3) is 10.5. The highest BCUT2D eigenvalue weighted by atomic mass is 31.2. The van der Waals surface area contributed by atoms with Gasteiger partial charge in [-0.2, -0.15) is 0 Å². The van der Waals surface area contributed by atoms with Crippen LogP contribution in [-0.4, -0.2) is 38.5 Å². The van der Waals surface area contributed by atoms with E-state index in [4.69, 9.17) is 18.3 Å². The molecule has 0 bridgehead atoms. The molecule has 0 rings (SSSR count). The van der Waals surface area contributed by atoms with E-state index < -0.39 is 37.6 Å². The second kappa shape index (κ2) is 8.93. The summed E-state index contributed by atoms with van der Waals surface area (Å²) < 4.78 is 46.1. The van der Waals surface area contributed by atoms with Gasteiger partial charge in [-0.05, 0) is 75.2 Å². The molecule has 2 atom stereocenters. The molecule has 2 N–H and O–H groups in total. The Kier molecular flexibility index (Phi) is 9.00. The SMILES string of the molecule is CCC(C)(C)OP(=O)(O)OC(C)(C)CCOC(C)(C)P(=O)(O)OC(C)(C)C. The molecular weight excluding hydrogens is 394 g/mol. The van der Waals surface area contributed by atoms with E-state index in [0.717, 1.165) is 0 Å². The maximum absolute atomic E-state index is 12.5. The molecule has 0 saturated heterocycles. The molecule has 0 radical (unpaired) electrons. The van der Waals surface area contributed by atoms with Gasteiger partial charge in [0.25, 0.3) is 0 Å². The van der Waals surface area contributed by atoms with Gasteiger partial charge in [-0.15, -0.1) is 0 Å². The summed E-state index contributed by atoms with van der Waals surface area (Å²) in [6.45, 7) is 16.5. The summed E-state index contributed by atoms with van der Waals surface area (Å²) >= 11 is 0. The van der Waals surface area contributed by atoms with Crippen molar-refractivity contribution in [2.75, 3.05) is 6.61 Å². The van der Waals surface area contributed by atoms with Crippen molar-refractivity contribution in [3.05, 3.63) is 0 Å². The van der Waals surface area contributed by atoms with Crippen LogP contribution in [0.5, 0.6) is 0 Å². The van der Waals surface area contributed by atoms with E-state index in [1.54, 1.807) is 48.5 Å².